The molecule has 1 heterocycles. The van der Waals surface area contributed by atoms with Crippen molar-refractivity contribution < 1.29 is 0 Å². The molecule has 1 aromatic rings. The van der Waals surface area contributed by atoms with Gasteiger partial charge in [-0.15, -0.1) is 22.9 Å². The van der Waals surface area contributed by atoms with Crippen molar-refractivity contribution in [3.8, 4) is 0 Å². The molecule has 0 radical (unpaired) electrons. The standard InChI is InChI=1S/C5H3Br2ClS/c6-4-3(1-8)2-9-5(4)7/h2H,1H2. The van der Waals surface area contributed by atoms with Crippen molar-refractivity contribution in [3.63, 3.8) is 0 Å². The van der Waals surface area contributed by atoms with E-state index in [0.717, 1.165) is 13.8 Å². The largest absolute Gasteiger partial charge is 0.135 e. The Hall–Kier alpha value is 0.950. The fraction of sp³-hybridized carbons (Fsp3) is 0.200. The van der Waals surface area contributed by atoms with E-state index >= 15 is 0 Å². The van der Waals surface area contributed by atoms with Gasteiger partial charge >= 0.3 is 0 Å². The number of halogens is 3. The second-order valence-electron chi connectivity index (χ2n) is 1.48. The third kappa shape index (κ3) is 1.70. The van der Waals surface area contributed by atoms with Crippen LogP contribution in [0.1, 0.15) is 5.56 Å². The first-order chi connectivity index (χ1) is 4.25. The van der Waals surface area contributed by atoms with Crippen LogP contribution in [0.15, 0.2) is 13.6 Å². The van der Waals surface area contributed by atoms with E-state index in [-0.39, 0.29) is 0 Å². The van der Waals surface area contributed by atoms with Gasteiger partial charge in [-0.05, 0) is 42.8 Å². The van der Waals surface area contributed by atoms with Gasteiger partial charge in [-0.3, -0.25) is 0 Å². The van der Waals surface area contributed by atoms with Crippen LogP contribution in [0.4, 0.5) is 0 Å². The maximum Gasteiger partial charge on any atom is 0.0843 e. The fourth-order valence-corrected chi connectivity index (χ4v) is 2.81. The molecule has 0 spiro atoms. The summed E-state index contributed by atoms with van der Waals surface area (Å²) in [5.41, 5.74) is 1.15. The van der Waals surface area contributed by atoms with Gasteiger partial charge in [-0.1, -0.05) is 0 Å². The third-order valence-electron chi connectivity index (χ3n) is 0.903. The lowest BCUT2D eigenvalue weighted by atomic mass is 10.4. The Labute approximate surface area is 79.5 Å². The maximum absolute atomic E-state index is 5.60. The van der Waals surface area contributed by atoms with Crippen molar-refractivity contribution in [2.45, 2.75) is 5.88 Å². The van der Waals surface area contributed by atoms with Crippen LogP contribution in [0.5, 0.6) is 0 Å². The first-order valence-electron chi connectivity index (χ1n) is 2.23. The van der Waals surface area contributed by atoms with Crippen LogP contribution in [-0.4, -0.2) is 0 Å². The van der Waals surface area contributed by atoms with E-state index in [9.17, 15) is 0 Å². The van der Waals surface area contributed by atoms with E-state index < -0.39 is 0 Å². The summed E-state index contributed by atoms with van der Waals surface area (Å²) in [6.07, 6.45) is 0. The molecule has 0 aliphatic carbocycles. The molecule has 0 bridgehead atoms. The van der Waals surface area contributed by atoms with E-state index in [1.807, 2.05) is 5.38 Å². The molecule has 0 aromatic carbocycles. The van der Waals surface area contributed by atoms with Crippen LogP contribution in [-0.2, 0) is 5.88 Å². The highest BCUT2D eigenvalue weighted by atomic mass is 79.9. The van der Waals surface area contributed by atoms with Gasteiger partial charge in [0.05, 0.1) is 3.79 Å². The van der Waals surface area contributed by atoms with Crippen LogP contribution in [0.2, 0.25) is 0 Å². The second kappa shape index (κ2) is 3.37. The van der Waals surface area contributed by atoms with Gasteiger partial charge in [0.2, 0.25) is 0 Å². The van der Waals surface area contributed by atoms with Gasteiger partial charge in [-0.2, -0.15) is 0 Å². The molecule has 4 heteroatoms. The average Bonchev–Trinajstić information content (AvgIpc) is 2.15. The Bertz CT molecular complexity index is 209. The molecule has 0 N–H and O–H groups in total. The van der Waals surface area contributed by atoms with Crippen LogP contribution in [0, 0.1) is 0 Å². The van der Waals surface area contributed by atoms with Gasteiger partial charge in [0.15, 0.2) is 0 Å². The lowest BCUT2D eigenvalue weighted by Crippen LogP contribution is -1.69. The van der Waals surface area contributed by atoms with Gasteiger partial charge < -0.3 is 0 Å². The number of hydrogen-bond acceptors (Lipinski definition) is 1. The lowest BCUT2D eigenvalue weighted by Gasteiger charge is -1.87. The number of alkyl halides is 1. The molecule has 0 aliphatic rings. The van der Waals surface area contributed by atoms with Gasteiger partial charge in [0.1, 0.15) is 0 Å². The second-order valence-corrected chi connectivity index (χ2v) is 4.74. The van der Waals surface area contributed by atoms with Gasteiger partial charge in [0, 0.05) is 10.4 Å². The molecule has 50 valence electrons. The summed E-state index contributed by atoms with van der Waals surface area (Å²) in [6, 6.07) is 0. The molecule has 0 fully saturated rings. The van der Waals surface area contributed by atoms with Crippen molar-refractivity contribution in [3.05, 3.63) is 19.2 Å². The minimum Gasteiger partial charge on any atom is -0.135 e. The topological polar surface area (TPSA) is 0 Å². The molecular formula is C5H3Br2ClS. The summed E-state index contributed by atoms with van der Waals surface area (Å²) in [4.78, 5) is 0. The Morgan fingerprint density at radius 1 is 1.56 bits per heavy atom. The predicted molar refractivity (Wildman–Crippen MR) is 49.3 cm³/mol. The van der Waals surface area contributed by atoms with Crippen molar-refractivity contribution in [1.82, 2.24) is 0 Å². The minimum atomic E-state index is 0.572. The molecule has 0 aliphatic heterocycles. The third-order valence-corrected chi connectivity index (χ3v) is 4.66. The van der Waals surface area contributed by atoms with Crippen LogP contribution < -0.4 is 0 Å². The summed E-state index contributed by atoms with van der Waals surface area (Å²) < 4.78 is 2.20. The first kappa shape index (κ1) is 8.05. The van der Waals surface area contributed by atoms with E-state index in [0.29, 0.717) is 5.88 Å². The van der Waals surface area contributed by atoms with E-state index in [1.54, 1.807) is 11.3 Å². The van der Waals surface area contributed by atoms with Crippen LogP contribution in [0.3, 0.4) is 0 Å². The van der Waals surface area contributed by atoms with Crippen molar-refractivity contribution >= 4 is 54.8 Å². The number of thiophene rings is 1. The molecule has 0 unspecified atom stereocenters. The Kier molecular flexibility index (Phi) is 3.02. The van der Waals surface area contributed by atoms with Gasteiger partial charge in [-0.25, -0.2) is 0 Å². The predicted octanol–water partition coefficient (Wildman–Crippen LogP) is 4.01. The van der Waals surface area contributed by atoms with E-state index in [4.69, 9.17) is 11.6 Å². The Morgan fingerprint density at radius 3 is 2.44 bits per heavy atom. The van der Waals surface area contributed by atoms with Crippen molar-refractivity contribution in [1.29, 1.82) is 0 Å². The SMILES string of the molecule is ClCc1csc(Br)c1Br. The zero-order valence-electron chi connectivity index (χ0n) is 4.33. The van der Waals surface area contributed by atoms with Crippen molar-refractivity contribution in [2.75, 3.05) is 0 Å². The summed E-state index contributed by atoms with van der Waals surface area (Å²) in [7, 11) is 0. The quantitative estimate of drug-likeness (QED) is 0.686. The molecular weight excluding hydrogens is 287 g/mol. The lowest BCUT2D eigenvalue weighted by molar-refractivity contribution is 1.42. The summed E-state index contributed by atoms with van der Waals surface area (Å²) in [5.74, 6) is 0.572. The Morgan fingerprint density at radius 2 is 2.22 bits per heavy atom. The smallest absolute Gasteiger partial charge is 0.0843 e. The molecule has 0 atom stereocenters. The highest BCUT2D eigenvalue weighted by Gasteiger charge is 2.03. The zero-order chi connectivity index (χ0) is 6.85. The monoisotopic (exact) mass is 288 g/mol. The molecule has 9 heavy (non-hydrogen) atoms. The Balaban J connectivity index is 3.04. The highest BCUT2D eigenvalue weighted by Crippen LogP contribution is 2.33. The normalized spacial score (nSPS) is 10.1. The summed E-state index contributed by atoms with van der Waals surface area (Å²) in [5, 5.41) is 2.03. The van der Waals surface area contributed by atoms with E-state index in [1.165, 1.54) is 0 Å². The highest BCUT2D eigenvalue weighted by molar-refractivity contribution is 9.13. The summed E-state index contributed by atoms with van der Waals surface area (Å²) >= 11 is 14.0. The molecule has 0 saturated carbocycles. The van der Waals surface area contributed by atoms with Crippen molar-refractivity contribution in [2.24, 2.45) is 0 Å². The molecule has 0 saturated heterocycles. The molecule has 1 aromatic heterocycles. The average molecular weight is 290 g/mol. The van der Waals surface area contributed by atoms with Crippen LogP contribution >= 0.6 is 54.8 Å². The number of rotatable bonds is 1. The maximum atomic E-state index is 5.60. The molecule has 1 rings (SSSR count). The summed E-state index contributed by atoms with van der Waals surface area (Å²) in [6.45, 7) is 0. The zero-order valence-corrected chi connectivity index (χ0v) is 9.07. The number of hydrogen-bond donors (Lipinski definition) is 0. The van der Waals surface area contributed by atoms with E-state index in [2.05, 4.69) is 31.9 Å². The fourth-order valence-electron chi connectivity index (χ4n) is 0.443. The molecule has 0 nitrogen and oxygen atoms in total. The molecule has 0 amide bonds. The minimum absolute atomic E-state index is 0.572. The van der Waals surface area contributed by atoms with Crippen LogP contribution in [0.25, 0.3) is 0 Å². The first-order valence-corrected chi connectivity index (χ1v) is 5.23. The van der Waals surface area contributed by atoms with Gasteiger partial charge in [0.25, 0.3) is 0 Å².